The molecule has 0 N–H and O–H groups in total. The van der Waals surface area contributed by atoms with Crippen molar-refractivity contribution in [2.24, 2.45) is 41.4 Å². The van der Waals surface area contributed by atoms with Crippen molar-refractivity contribution >= 4 is 5.97 Å². The van der Waals surface area contributed by atoms with Crippen LogP contribution in [0.3, 0.4) is 0 Å². The standard InChI is InChI=1S/C17H24O2/c1-9(2)17(18)19-8-13-6-12-7-14(13)16-11-4-3-10(5-11)15(12)16/h10-16H,1,3-8H2,2H3/t10?,11?,12-,13?,14?,15?,16?/m0/s1. The van der Waals surface area contributed by atoms with Crippen LogP contribution in [0.1, 0.15) is 39.0 Å². The van der Waals surface area contributed by atoms with Crippen molar-refractivity contribution in [3.8, 4) is 0 Å². The molecule has 19 heavy (non-hydrogen) atoms. The maximum Gasteiger partial charge on any atom is 0.333 e. The summed E-state index contributed by atoms with van der Waals surface area (Å²) in [4.78, 5) is 11.5. The van der Waals surface area contributed by atoms with Crippen molar-refractivity contribution < 1.29 is 9.53 Å². The zero-order chi connectivity index (χ0) is 13.1. The van der Waals surface area contributed by atoms with Gasteiger partial charge in [-0.15, -0.1) is 0 Å². The molecule has 0 amide bonds. The van der Waals surface area contributed by atoms with E-state index in [0.29, 0.717) is 18.1 Å². The molecule has 104 valence electrons. The van der Waals surface area contributed by atoms with Crippen LogP contribution in [0, 0.1) is 41.4 Å². The molecule has 0 spiro atoms. The van der Waals surface area contributed by atoms with E-state index in [2.05, 4.69) is 6.58 Å². The molecule has 4 aliphatic carbocycles. The summed E-state index contributed by atoms with van der Waals surface area (Å²) in [5.74, 6) is 6.39. The maximum atomic E-state index is 11.5. The van der Waals surface area contributed by atoms with Gasteiger partial charge in [0, 0.05) is 5.57 Å². The van der Waals surface area contributed by atoms with Crippen LogP contribution in [-0.2, 0) is 9.53 Å². The highest BCUT2D eigenvalue weighted by molar-refractivity contribution is 5.86. The van der Waals surface area contributed by atoms with Crippen molar-refractivity contribution in [3.63, 3.8) is 0 Å². The SMILES string of the molecule is C=C(C)C(=O)OCC1C[C@H]2CC1C1C3CCC(C3)C12. The van der Waals surface area contributed by atoms with Gasteiger partial charge >= 0.3 is 5.97 Å². The molecule has 0 aliphatic heterocycles. The first kappa shape index (κ1) is 12.0. The van der Waals surface area contributed by atoms with E-state index in [1.54, 1.807) is 6.92 Å². The summed E-state index contributed by atoms with van der Waals surface area (Å²) < 4.78 is 5.43. The number of fused-ring (bicyclic) bond motifs is 9. The zero-order valence-electron chi connectivity index (χ0n) is 11.8. The third-order valence-electron chi connectivity index (χ3n) is 6.65. The highest BCUT2D eigenvalue weighted by atomic mass is 16.5. The average molecular weight is 260 g/mol. The molecule has 0 aromatic heterocycles. The van der Waals surface area contributed by atoms with E-state index in [1.807, 2.05) is 0 Å². The lowest BCUT2D eigenvalue weighted by Crippen LogP contribution is -2.34. The quantitative estimate of drug-likeness (QED) is 0.441. The Morgan fingerprint density at radius 2 is 1.84 bits per heavy atom. The van der Waals surface area contributed by atoms with Gasteiger partial charge in [0.2, 0.25) is 0 Å². The molecule has 4 rings (SSSR count). The van der Waals surface area contributed by atoms with Gasteiger partial charge in [-0.1, -0.05) is 6.58 Å². The summed E-state index contributed by atoms with van der Waals surface area (Å²) in [5, 5.41) is 0. The predicted molar refractivity (Wildman–Crippen MR) is 73.3 cm³/mol. The fourth-order valence-corrected chi connectivity index (χ4v) is 6.20. The number of esters is 1. The van der Waals surface area contributed by atoms with Crippen molar-refractivity contribution in [1.82, 2.24) is 0 Å². The molecule has 0 saturated heterocycles. The third kappa shape index (κ3) is 1.64. The molecule has 0 aromatic carbocycles. The van der Waals surface area contributed by atoms with Gasteiger partial charge in [-0.2, -0.15) is 0 Å². The topological polar surface area (TPSA) is 26.3 Å². The Labute approximate surface area is 115 Å². The van der Waals surface area contributed by atoms with E-state index in [-0.39, 0.29) is 5.97 Å². The number of ether oxygens (including phenoxy) is 1. The van der Waals surface area contributed by atoms with Crippen LogP contribution >= 0.6 is 0 Å². The Morgan fingerprint density at radius 1 is 1.11 bits per heavy atom. The molecule has 4 aliphatic rings. The molecule has 2 heteroatoms. The fraction of sp³-hybridized carbons (Fsp3) is 0.824. The zero-order valence-corrected chi connectivity index (χ0v) is 11.8. The van der Waals surface area contributed by atoms with Crippen molar-refractivity contribution in [1.29, 1.82) is 0 Å². The summed E-state index contributed by atoms with van der Waals surface area (Å²) in [5.41, 5.74) is 0.529. The lowest BCUT2D eigenvalue weighted by Gasteiger charge is -2.38. The molecule has 4 bridgehead atoms. The second kappa shape index (κ2) is 4.10. The largest absolute Gasteiger partial charge is 0.462 e. The Bertz CT molecular complexity index is 427. The van der Waals surface area contributed by atoms with Crippen molar-refractivity contribution in [2.75, 3.05) is 6.61 Å². The van der Waals surface area contributed by atoms with Crippen molar-refractivity contribution in [3.05, 3.63) is 12.2 Å². The first-order valence-electron chi connectivity index (χ1n) is 7.97. The maximum absolute atomic E-state index is 11.5. The average Bonchev–Trinajstić information content (AvgIpc) is 3.12. The van der Waals surface area contributed by atoms with Crippen LogP contribution in [0.15, 0.2) is 12.2 Å². The van der Waals surface area contributed by atoms with Crippen LogP contribution in [0.2, 0.25) is 0 Å². The molecule has 4 fully saturated rings. The Balaban J connectivity index is 1.42. The summed E-state index contributed by atoms with van der Waals surface area (Å²) in [7, 11) is 0. The first-order valence-corrected chi connectivity index (χ1v) is 7.97. The number of rotatable bonds is 3. The van der Waals surface area contributed by atoms with E-state index in [1.165, 1.54) is 32.1 Å². The molecule has 2 nitrogen and oxygen atoms in total. The van der Waals surface area contributed by atoms with Crippen LogP contribution in [-0.4, -0.2) is 12.6 Å². The highest BCUT2D eigenvalue weighted by Gasteiger charge is 2.62. The lowest BCUT2D eigenvalue weighted by atomic mass is 9.68. The summed E-state index contributed by atoms with van der Waals surface area (Å²) in [6.07, 6.45) is 7.24. The molecule has 4 saturated carbocycles. The summed E-state index contributed by atoms with van der Waals surface area (Å²) >= 11 is 0. The number of hydrogen-bond acceptors (Lipinski definition) is 2. The van der Waals surface area contributed by atoms with Gasteiger partial charge in [0.25, 0.3) is 0 Å². The fourth-order valence-electron chi connectivity index (χ4n) is 6.20. The van der Waals surface area contributed by atoms with E-state index >= 15 is 0 Å². The van der Waals surface area contributed by atoms with Crippen LogP contribution in [0.25, 0.3) is 0 Å². The second-order valence-electron chi connectivity index (χ2n) is 7.52. The highest BCUT2D eigenvalue weighted by Crippen LogP contribution is 2.68. The molecule has 0 radical (unpaired) electrons. The van der Waals surface area contributed by atoms with Crippen LogP contribution in [0.4, 0.5) is 0 Å². The predicted octanol–water partition coefficient (Wildman–Crippen LogP) is 3.42. The van der Waals surface area contributed by atoms with Crippen LogP contribution < -0.4 is 0 Å². The minimum absolute atomic E-state index is 0.202. The van der Waals surface area contributed by atoms with Gasteiger partial charge in [-0.25, -0.2) is 4.79 Å². The summed E-state index contributed by atoms with van der Waals surface area (Å²) in [6, 6.07) is 0. The minimum Gasteiger partial charge on any atom is -0.462 e. The molecule has 6 unspecified atom stereocenters. The summed E-state index contributed by atoms with van der Waals surface area (Å²) in [6.45, 7) is 6.04. The number of carbonyl (C=O) groups is 1. The van der Waals surface area contributed by atoms with Gasteiger partial charge in [0.15, 0.2) is 0 Å². The monoisotopic (exact) mass is 260 g/mol. The Morgan fingerprint density at radius 3 is 2.58 bits per heavy atom. The minimum atomic E-state index is -0.202. The lowest BCUT2D eigenvalue weighted by molar-refractivity contribution is -0.141. The van der Waals surface area contributed by atoms with Gasteiger partial charge in [-0.3, -0.25) is 0 Å². The second-order valence-corrected chi connectivity index (χ2v) is 7.52. The number of hydrogen-bond donors (Lipinski definition) is 0. The van der Waals surface area contributed by atoms with Gasteiger partial charge in [0.1, 0.15) is 0 Å². The van der Waals surface area contributed by atoms with Gasteiger partial charge < -0.3 is 4.74 Å². The first-order chi connectivity index (χ1) is 9.15. The smallest absolute Gasteiger partial charge is 0.333 e. The molecule has 0 heterocycles. The van der Waals surface area contributed by atoms with Gasteiger partial charge in [0.05, 0.1) is 6.61 Å². The molecule has 7 atom stereocenters. The van der Waals surface area contributed by atoms with Crippen molar-refractivity contribution in [2.45, 2.75) is 39.0 Å². The molecule has 0 aromatic rings. The third-order valence-corrected chi connectivity index (χ3v) is 6.65. The normalized spacial score (nSPS) is 49.4. The van der Waals surface area contributed by atoms with Gasteiger partial charge in [-0.05, 0) is 80.5 Å². The molecular weight excluding hydrogens is 236 g/mol. The Kier molecular flexibility index (Phi) is 2.59. The van der Waals surface area contributed by atoms with E-state index in [0.717, 1.165) is 35.5 Å². The van der Waals surface area contributed by atoms with E-state index in [4.69, 9.17) is 4.74 Å². The van der Waals surface area contributed by atoms with Crippen LogP contribution in [0.5, 0.6) is 0 Å². The number of carbonyl (C=O) groups excluding carboxylic acids is 1. The Hall–Kier alpha value is -0.790. The van der Waals surface area contributed by atoms with E-state index < -0.39 is 0 Å². The molecular formula is C17H24O2. The van der Waals surface area contributed by atoms with E-state index in [9.17, 15) is 4.79 Å².